The third-order valence-corrected chi connectivity index (χ3v) is 2.65. The quantitative estimate of drug-likeness (QED) is 0.704. The number of rotatable bonds is 8. The van der Waals surface area contributed by atoms with Crippen molar-refractivity contribution >= 4 is 17.5 Å². The molecule has 2 amide bonds. The molecule has 0 radical (unpaired) electrons. The first-order chi connectivity index (χ1) is 10.0. The SMILES string of the molecule is CCOc1ccc(NC(=O)CC(=O)NCCN(C)C)cc1. The van der Waals surface area contributed by atoms with Gasteiger partial charge in [0.25, 0.3) is 0 Å². The Bertz CT molecular complexity index is 458. The molecule has 0 aliphatic heterocycles. The number of carbonyl (C=O) groups is 2. The van der Waals surface area contributed by atoms with Gasteiger partial charge in [0.15, 0.2) is 0 Å². The Morgan fingerprint density at radius 3 is 2.38 bits per heavy atom. The van der Waals surface area contributed by atoms with E-state index >= 15 is 0 Å². The Kier molecular flexibility index (Phi) is 7.25. The topological polar surface area (TPSA) is 70.7 Å². The van der Waals surface area contributed by atoms with Crippen LogP contribution < -0.4 is 15.4 Å². The fraction of sp³-hybridized carbons (Fsp3) is 0.467. The van der Waals surface area contributed by atoms with Crippen LogP contribution in [0.5, 0.6) is 5.75 Å². The molecule has 0 aromatic heterocycles. The summed E-state index contributed by atoms with van der Waals surface area (Å²) >= 11 is 0. The number of carbonyl (C=O) groups excluding carboxylic acids is 2. The number of nitrogens with zero attached hydrogens (tertiary/aromatic N) is 1. The van der Waals surface area contributed by atoms with Crippen molar-refractivity contribution in [2.45, 2.75) is 13.3 Å². The summed E-state index contributed by atoms with van der Waals surface area (Å²) in [5, 5.41) is 5.37. The molecule has 0 spiro atoms. The Balaban J connectivity index is 2.34. The van der Waals surface area contributed by atoms with Gasteiger partial charge in [0.2, 0.25) is 11.8 Å². The van der Waals surface area contributed by atoms with E-state index in [0.717, 1.165) is 12.3 Å². The molecule has 0 fully saturated rings. The van der Waals surface area contributed by atoms with Gasteiger partial charge in [0, 0.05) is 18.8 Å². The summed E-state index contributed by atoms with van der Waals surface area (Å²) in [5.74, 6) is 0.138. The zero-order valence-electron chi connectivity index (χ0n) is 12.8. The number of amides is 2. The summed E-state index contributed by atoms with van der Waals surface area (Å²) in [6.07, 6.45) is -0.180. The molecule has 0 atom stereocenters. The van der Waals surface area contributed by atoms with E-state index in [1.54, 1.807) is 24.3 Å². The average Bonchev–Trinajstić information content (AvgIpc) is 2.40. The molecule has 0 saturated heterocycles. The average molecular weight is 293 g/mol. The van der Waals surface area contributed by atoms with E-state index in [2.05, 4.69) is 10.6 Å². The second kappa shape index (κ2) is 8.97. The summed E-state index contributed by atoms with van der Waals surface area (Å²) in [7, 11) is 3.84. The van der Waals surface area contributed by atoms with Crippen LogP contribution in [0.25, 0.3) is 0 Å². The number of hydrogen-bond acceptors (Lipinski definition) is 4. The van der Waals surface area contributed by atoms with Crippen LogP contribution >= 0.6 is 0 Å². The third kappa shape index (κ3) is 7.31. The molecule has 0 bridgehead atoms. The highest BCUT2D eigenvalue weighted by Crippen LogP contribution is 2.15. The minimum atomic E-state index is -0.332. The van der Waals surface area contributed by atoms with Crippen LogP contribution in [0, 0.1) is 0 Å². The van der Waals surface area contributed by atoms with Gasteiger partial charge in [-0.1, -0.05) is 0 Å². The smallest absolute Gasteiger partial charge is 0.233 e. The number of ether oxygens (including phenoxy) is 1. The van der Waals surface area contributed by atoms with E-state index in [-0.39, 0.29) is 18.2 Å². The van der Waals surface area contributed by atoms with Crippen LogP contribution in [-0.2, 0) is 9.59 Å². The van der Waals surface area contributed by atoms with Crippen molar-refractivity contribution in [3.8, 4) is 5.75 Å². The molecule has 0 aliphatic carbocycles. The predicted octanol–water partition coefficient (Wildman–Crippen LogP) is 1.09. The van der Waals surface area contributed by atoms with Gasteiger partial charge >= 0.3 is 0 Å². The van der Waals surface area contributed by atoms with Gasteiger partial charge in [0.05, 0.1) is 6.61 Å². The maximum absolute atomic E-state index is 11.7. The Labute approximate surface area is 125 Å². The zero-order chi connectivity index (χ0) is 15.7. The van der Waals surface area contributed by atoms with Gasteiger partial charge in [-0.25, -0.2) is 0 Å². The lowest BCUT2D eigenvalue weighted by molar-refractivity contribution is -0.126. The van der Waals surface area contributed by atoms with Crippen LogP contribution in [0.4, 0.5) is 5.69 Å². The molecular weight excluding hydrogens is 270 g/mol. The second-order valence-corrected chi connectivity index (χ2v) is 4.84. The second-order valence-electron chi connectivity index (χ2n) is 4.84. The molecule has 6 nitrogen and oxygen atoms in total. The third-order valence-electron chi connectivity index (χ3n) is 2.65. The number of likely N-dealkylation sites (N-methyl/N-ethyl adjacent to an activating group) is 1. The lowest BCUT2D eigenvalue weighted by Crippen LogP contribution is -2.33. The van der Waals surface area contributed by atoms with Gasteiger partial charge in [-0.3, -0.25) is 9.59 Å². The molecular formula is C15H23N3O3. The number of anilines is 1. The van der Waals surface area contributed by atoms with Gasteiger partial charge in [-0.05, 0) is 45.3 Å². The highest BCUT2D eigenvalue weighted by Gasteiger charge is 2.09. The molecule has 21 heavy (non-hydrogen) atoms. The van der Waals surface area contributed by atoms with Crippen molar-refractivity contribution in [3.63, 3.8) is 0 Å². The molecule has 1 rings (SSSR count). The first kappa shape index (κ1) is 17.0. The van der Waals surface area contributed by atoms with Crippen LogP contribution in [0.3, 0.4) is 0 Å². The minimum Gasteiger partial charge on any atom is -0.494 e. The molecule has 0 saturated carbocycles. The van der Waals surface area contributed by atoms with Crippen molar-refractivity contribution in [2.24, 2.45) is 0 Å². The molecule has 6 heteroatoms. The Hall–Kier alpha value is -2.08. The molecule has 0 aliphatic rings. The van der Waals surface area contributed by atoms with Crippen molar-refractivity contribution in [1.82, 2.24) is 10.2 Å². The highest BCUT2D eigenvalue weighted by atomic mass is 16.5. The first-order valence-corrected chi connectivity index (χ1v) is 6.95. The van der Waals surface area contributed by atoms with Crippen molar-refractivity contribution in [1.29, 1.82) is 0 Å². The lowest BCUT2D eigenvalue weighted by atomic mass is 10.3. The fourth-order valence-electron chi connectivity index (χ4n) is 1.63. The van der Waals surface area contributed by atoms with E-state index < -0.39 is 0 Å². The minimum absolute atomic E-state index is 0.180. The van der Waals surface area contributed by atoms with Crippen molar-refractivity contribution in [3.05, 3.63) is 24.3 Å². The zero-order valence-corrected chi connectivity index (χ0v) is 12.8. The Morgan fingerprint density at radius 1 is 1.14 bits per heavy atom. The molecule has 116 valence electrons. The van der Waals surface area contributed by atoms with E-state index in [4.69, 9.17) is 4.74 Å². The van der Waals surface area contributed by atoms with Crippen molar-refractivity contribution < 1.29 is 14.3 Å². The van der Waals surface area contributed by atoms with Gasteiger partial charge < -0.3 is 20.3 Å². The highest BCUT2D eigenvalue weighted by molar-refractivity contribution is 6.03. The Morgan fingerprint density at radius 2 is 1.81 bits per heavy atom. The molecule has 0 heterocycles. The van der Waals surface area contributed by atoms with Gasteiger partial charge in [-0.2, -0.15) is 0 Å². The van der Waals surface area contributed by atoms with Gasteiger partial charge in [0.1, 0.15) is 12.2 Å². The van der Waals surface area contributed by atoms with Crippen molar-refractivity contribution in [2.75, 3.05) is 39.1 Å². The summed E-state index contributed by atoms with van der Waals surface area (Å²) in [6.45, 7) is 3.78. The van der Waals surface area contributed by atoms with Crippen LogP contribution in [-0.4, -0.2) is 50.5 Å². The normalized spacial score (nSPS) is 10.3. The van der Waals surface area contributed by atoms with E-state index in [1.165, 1.54) is 0 Å². The molecule has 1 aromatic rings. The van der Waals surface area contributed by atoms with E-state index in [1.807, 2.05) is 25.9 Å². The largest absolute Gasteiger partial charge is 0.494 e. The molecule has 2 N–H and O–H groups in total. The monoisotopic (exact) mass is 293 g/mol. The van der Waals surface area contributed by atoms with Crippen LogP contribution in [0.2, 0.25) is 0 Å². The maximum Gasteiger partial charge on any atom is 0.233 e. The first-order valence-electron chi connectivity index (χ1n) is 6.95. The van der Waals surface area contributed by atoms with Crippen LogP contribution in [0.15, 0.2) is 24.3 Å². The fourth-order valence-corrected chi connectivity index (χ4v) is 1.63. The van der Waals surface area contributed by atoms with Crippen LogP contribution in [0.1, 0.15) is 13.3 Å². The molecule has 1 aromatic carbocycles. The van der Waals surface area contributed by atoms with E-state index in [0.29, 0.717) is 18.8 Å². The maximum atomic E-state index is 11.7. The lowest BCUT2D eigenvalue weighted by Gasteiger charge is -2.10. The van der Waals surface area contributed by atoms with Gasteiger partial charge in [-0.15, -0.1) is 0 Å². The molecule has 0 unspecified atom stereocenters. The van der Waals surface area contributed by atoms with E-state index in [9.17, 15) is 9.59 Å². The number of nitrogens with one attached hydrogen (secondary N) is 2. The standard InChI is InChI=1S/C15H23N3O3/c1-4-21-13-7-5-12(6-8-13)17-15(20)11-14(19)16-9-10-18(2)3/h5-8H,4,9-11H2,1-3H3,(H,16,19)(H,17,20). The summed E-state index contributed by atoms with van der Waals surface area (Å²) in [5.41, 5.74) is 0.643. The number of hydrogen-bond donors (Lipinski definition) is 2. The number of benzene rings is 1. The predicted molar refractivity (Wildman–Crippen MR) is 82.4 cm³/mol. The summed E-state index contributed by atoms with van der Waals surface area (Å²) < 4.78 is 5.31. The summed E-state index contributed by atoms with van der Waals surface area (Å²) in [4.78, 5) is 25.2. The summed E-state index contributed by atoms with van der Waals surface area (Å²) in [6, 6.07) is 7.03.